The summed E-state index contributed by atoms with van der Waals surface area (Å²) in [5, 5.41) is 6.74. The summed E-state index contributed by atoms with van der Waals surface area (Å²) in [7, 11) is 0. The summed E-state index contributed by atoms with van der Waals surface area (Å²) < 4.78 is 0. The second-order valence-electron chi connectivity index (χ2n) is 4.09. The largest absolute Gasteiger partial charge is 0.352 e. The Bertz CT molecular complexity index is 643. The van der Waals surface area contributed by atoms with Crippen molar-refractivity contribution in [2.75, 3.05) is 10.6 Å². The lowest BCUT2D eigenvalue weighted by atomic mass is 10.0. The Balaban J connectivity index is 0.00000106. The van der Waals surface area contributed by atoms with Gasteiger partial charge in [0.2, 0.25) is 0 Å². The molecule has 20 heavy (non-hydrogen) atoms. The Kier molecular flexibility index (Phi) is 4.12. The van der Waals surface area contributed by atoms with Crippen LogP contribution in [0.3, 0.4) is 0 Å². The average molecular weight is 266 g/mol. The summed E-state index contributed by atoms with van der Waals surface area (Å²) in [6.07, 6.45) is 7.42. The van der Waals surface area contributed by atoms with Crippen LogP contribution in [-0.2, 0) is 0 Å². The summed E-state index contributed by atoms with van der Waals surface area (Å²) in [5.74, 6) is 0. The van der Waals surface area contributed by atoms with Gasteiger partial charge in [-0.25, -0.2) is 0 Å². The quantitative estimate of drug-likeness (QED) is 0.698. The number of benzene rings is 1. The maximum atomic E-state index is 3.83. The lowest BCUT2D eigenvalue weighted by Crippen LogP contribution is -2.15. The van der Waals surface area contributed by atoms with Crippen molar-refractivity contribution in [2.24, 2.45) is 0 Å². The molecular weight excluding hydrogens is 244 g/mol. The van der Waals surface area contributed by atoms with E-state index in [4.69, 9.17) is 0 Å². The van der Waals surface area contributed by atoms with Crippen molar-refractivity contribution < 1.29 is 2.85 Å². The van der Waals surface area contributed by atoms with Crippen molar-refractivity contribution in [1.82, 2.24) is 0 Å². The van der Waals surface area contributed by atoms with Gasteiger partial charge in [-0.15, -0.1) is 0 Å². The van der Waals surface area contributed by atoms with Crippen molar-refractivity contribution in [1.29, 1.82) is 0 Å². The van der Waals surface area contributed by atoms with Crippen LogP contribution in [0.25, 0.3) is 12.2 Å². The summed E-state index contributed by atoms with van der Waals surface area (Å²) in [5.41, 5.74) is 12.1. The first-order chi connectivity index (χ1) is 9.81. The molecule has 0 aromatic heterocycles. The molecule has 3 rings (SSSR count). The number of fused-ring (bicyclic) bond motifs is 1. The third-order valence-electron chi connectivity index (χ3n) is 3.01. The molecule has 0 saturated carbocycles. The molecular formula is C18H22N2. The van der Waals surface area contributed by atoms with Crippen LogP contribution in [-0.4, -0.2) is 0 Å². The van der Waals surface area contributed by atoms with Gasteiger partial charge in [-0.1, -0.05) is 50.6 Å². The van der Waals surface area contributed by atoms with E-state index in [0.717, 1.165) is 33.9 Å². The summed E-state index contributed by atoms with van der Waals surface area (Å²) >= 11 is 0. The van der Waals surface area contributed by atoms with Gasteiger partial charge < -0.3 is 10.6 Å². The summed E-state index contributed by atoms with van der Waals surface area (Å²) in [6, 6.07) is 4.12. The molecule has 2 nitrogen and oxygen atoms in total. The zero-order valence-electron chi connectivity index (χ0n) is 11.9. The highest BCUT2D eigenvalue weighted by Gasteiger charge is 2.16. The van der Waals surface area contributed by atoms with Crippen molar-refractivity contribution in [2.45, 2.75) is 13.8 Å². The first kappa shape index (κ1) is 13.8. The second kappa shape index (κ2) is 5.99. The van der Waals surface area contributed by atoms with E-state index in [2.05, 4.69) is 47.4 Å². The van der Waals surface area contributed by atoms with E-state index >= 15 is 0 Å². The van der Waals surface area contributed by atoms with Gasteiger partial charge in [-0.2, -0.15) is 0 Å². The molecule has 1 aliphatic carbocycles. The maximum absolute atomic E-state index is 3.83. The molecule has 1 aromatic rings. The van der Waals surface area contributed by atoms with Crippen molar-refractivity contribution in [3.63, 3.8) is 0 Å². The molecule has 0 atom stereocenters. The molecule has 0 spiro atoms. The molecule has 2 aliphatic rings. The monoisotopic (exact) mass is 266 g/mol. The van der Waals surface area contributed by atoms with Gasteiger partial charge in [-0.05, 0) is 23.3 Å². The number of rotatable bonds is 2. The molecule has 104 valence electrons. The highest BCUT2D eigenvalue weighted by atomic mass is 15.0. The maximum Gasteiger partial charge on any atom is 0.0715 e. The van der Waals surface area contributed by atoms with Crippen LogP contribution in [0.1, 0.15) is 27.8 Å². The van der Waals surface area contributed by atoms with Crippen molar-refractivity contribution in [3.8, 4) is 0 Å². The topological polar surface area (TPSA) is 24.1 Å². The fourth-order valence-corrected chi connectivity index (χ4v) is 2.07. The molecule has 1 aliphatic heterocycles. The Morgan fingerprint density at radius 2 is 1.30 bits per heavy atom. The van der Waals surface area contributed by atoms with Crippen molar-refractivity contribution in [3.05, 3.63) is 71.4 Å². The van der Waals surface area contributed by atoms with Gasteiger partial charge in [0.15, 0.2) is 0 Å². The van der Waals surface area contributed by atoms with Crippen molar-refractivity contribution >= 4 is 23.5 Å². The highest BCUT2D eigenvalue weighted by Crippen LogP contribution is 2.34. The van der Waals surface area contributed by atoms with E-state index in [0.29, 0.717) is 0 Å². The lowest BCUT2D eigenvalue weighted by molar-refractivity contribution is 1.30. The number of nitrogens with one attached hydrogen (secondary N) is 2. The minimum atomic E-state index is 0. The minimum absolute atomic E-state index is 0. The van der Waals surface area contributed by atoms with Gasteiger partial charge in [0.25, 0.3) is 0 Å². The van der Waals surface area contributed by atoms with Crippen LogP contribution in [0.2, 0.25) is 0 Å². The third kappa shape index (κ3) is 2.39. The predicted molar refractivity (Wildman–Crippen MR) is 92.6 cm³/mol. The SMILES string of the molecule is C=Cc1cc2c(cc1C=C)NC1=C(C=C=C=C1)N2.CC.[HH].[HH]. The standard InChI is InChI=1S/C16H12N2.C2H6.2H2/c1-3-11-9-15-16(10-12(11)4-2)18-14-8-6-5-7-13(14)17-15;1-2;;/h3-4,7-10,17-18H,1-2H2;1-2H3;2*1H. The van der Waals surface area contributed by atoms with Gasteiger partial charge in [0.1, 0.15) is 0 Å². The molecule has 0 amide bonds. The second-order valence-corrected chi connectivity index (χ2v) is 4.09. The number of anilines is 2. The van der Waals surface area contributed by atoms with Gasteiger partial charge in [0, 0.05) is 15.0 Å². The third-order valence-corrected chi connectivity index (χ3v) is 3.01. The normalized spacial score (nSPS) is 13.3. The van der Waals surface area contributed by atoms with Crippen LogP contribution < -0.4 is 10.6 Å². The summed E-state index contributed by atoms with van der Waals surface area (Å²) in [4.78, 5) is 0. The molecule has 2 heteroatoms. The zero-order chi connectivity index (χ0) is 14.5. The van der Waals surface area contributed by atoms with Gasteiger partial charge >= 0.3 is 0 Å². The molecule has 0 radical (unpaired) electrons. The molecule has 0 unspecified atom stereocenters. The van der Waals surface area contributed by atoms with E-state index in [1.54, 1.807) is 0 Å². The lowest BCUT2D eigenvalue weighted by Gasteiger charge is -2.24. The van der Waals surface area contributed by atoms with Crippen LogP contribution >= 0.6 is 0 Å². The zero-order valence-corrected chi connectivity index (χ0v) is 11.9. The van der Waals surface area contributed by atoms with E-state index in [-0.39, 0.29) is 2.85 Å². The van der Waals surface area contributed by atoms with Crippen LogP contribution in [0.5, 0.6) is 0 Å². The van der Waals surface area contributed by atoms with Gasteiger partial charge in [-0.3, -0.25) is 0 Å². The Hall–Kier alpha value is -2.66. The molecule has 1 heterocycles. The molecule has 2 N–H and O–H groups in total. The first-order valence-corrected chi connectivity index (χ1v) is 6.70. The average Bonchev–Trinajstić information content (AvgIpc) is 2.53. The minimum Gasteiger partial charge on any atom is -0.352 e. The number of hydrogen-bond donors (Lipinski definition) is 2. The molecule has 0 fully saturated rings. The fourth-order valence-electron chi connectivity index (χ4n) is 2.07. The van der Waals surface area contributed by atoms with E-state index in [1.165, 1.54) is 0 Å². The van der Waals surface area contributed by atoms with Crippen LogP contribution in [0, 0.1) is 0 Å². The Morgan fingerprint density at radius 1 is 0.900 bits per heavy atom. The van der Waals surface area contributed by atoms with E-state index < -0.39 is 0 Å². The Morgan fingerprint density at radius 3 is 1.65 bits per heavy atom. The smallest absolute Gasteiger partial charge is 0.0715 e. The number of allylic oxidation sites excluding steroid dienone is 2. The van der Waals surface area contributed by atoms with E-state index in [9.17, 15) is 0 Å². The van der Waals surface area contributed by atoms with E-state index in [1.807, 2.05) is 38.2 Å². The summed E-state index contributed by atoms with van der Waals surface area (Å²) in [6.45, 7) is 11.7. The highest BCUT2D eigenvalue weighted by molar-refractivity contribution is 5.84. The number of hydrogen-bond acceptors (Lipinski definition) is 2. The fraction of sp³-hybridized carbons (Fsp3) is 0.111. The van der Waals surface area contributed by atoms with Gasteiger partial charge in [0.05, 0.1) is 22.8 Å². The molecule has 1 aromatic carbocycles. The molecule has 0 saturated heterocycles. The van der Waals surface area contributed by atoms with Crippen LogP contribution in [0.15, 0.2) is 60.3 Å². The Labute approximate surface area is 123 Å². The first-order valence-electron chi connectivity index (χ1n) is 6.70. The molecule has 0 bridgehead atoms. The predicted octanol–water partition coefficient (Wildman–Crippen LogP) is 5.42. The van der Waals surface area contributed by atoms with Crippen LogP contribution in [0.4, 0.5) is 11.4 Å².